The summed E-state index contributed by atoms with van der Waals surface area (Å²) in [6, 6.07) is 13.4. The van der Waals surface area contributed by atoms with Gasteiger partial charge in [0.25, 0.3) is 0 Å². The van der Waals surface area contributed by atoms with Crippen LogP contribution in [0.3, 0.4) is 0 Å². The Labute approximate surface area is 180 Å². The Bertz CT molecular complexity index is 969. The zero-order chi connectivity index (χ0) is 22.0. The monoisotopic (exact) mass is 424 g/mol. The largest absolute Gasteiger partial charge is 0.368 e. The molecule has 7 nitrogen and oxygen atoms in total. The SMILES string of the molecule is CC(=O)Nc1ccc(N2C[C@@H](C(=O)N3CCN(c4ccc(F)cc4)CC3)CC2=O)cc1. The number of rotatable bonds is 4. The van der Waals surface area contributed by atoms with E-state index in [0.717, 1.165) is 11.4 Å². The number of nitrogens with zero attached hydrogens (tertiary/aromatic N) is 3. The van der Waals surface area contributed by atoms with E-state index >= 15 is 0 Å². The van der Waals surface area contributed by atoms with Crippen LogP contribution in [0.15, 0.2) is 48.5 Å². The van der Waals surface area contributed by atoms with E-state index in [1.54, 1.807) is 41.3 Å². The molecule has 162 valence electrons. The van der Waals surface area contributed by atoms with Gasteiger partial charge in [0.1, 0.15) is 5.82 Å². The van der Waals surface area contributed by atoms with E-state index in [0.29, 0.717) is 38.4 Å². The molecule has 3 amide bonds. The van der Waals surface area contributed by atoms with Crippen LogP contribution in [0.4, 0.5) is 21.5 Å². The predicted octanol–water partition coefficient (Wildman–Crippen LogP) is 2.49. The summed E-state index contributed by atoms with van der Waals surface area (Å²) >= 11 is 0. The van der Waals surface area contributed by atoms with Crippen LogP contribution in [0.1, 0.15) is 13.3 Å². The van der Waals surface area contributed by atoms with E-state index in [1.165, 1.54) is 19.1 Å². The van der Waals surface area contributed by atoms with Crippen molar-refractivity contribution in [2.75, 3.05) is 47.8 Å². The van der Waals surface area contributed by atoms with Gasteiger partial charge in [0.05, 0.1) is 5.92 Å². The molecule has 1 atom stereocenters. The van der Waals surface area contributed by atoms with Gasteiger partial charge in [-0.15, -0.1) is 0 Å². The molecule has 1 N–H and O–H groups in total. The lowest BCUT2D eigenvalue weighted by Gasteiger charge is -2.37. The van der Waals surface area contributed by atoms with Gasteiger partial charge in [-0.1, -0.05) is 0 Å². The number of amides is 3. The number of hydrogen-bond donors (Lipinski definition) is 1. The average Bonchev–Trinajstić information content (AvgIpc) is 3.16. The molecule has 2 fully saturated rings. The Hall–Kier alpha value is -3.42. The quantitative estimate of drug-likeness (QED) is 0.819. The lowest BCUT2D eigenvalue weighted by Crippen LogP contribution is -2.50. The molecule has 0 radical (unpaired) electrons. The number of carbonyl (C=O) groups excluding carboxylic acids is 3. The average molecular weight is 424 g/mol. The summed E-state index contributed by atoms with van der Waals surface area (Å²) in [4.78, 5) is 42.3. The number of hydrogen-bond acceptors (Lipinski definition) is 4. The second-order valence-electron chi connectivity index (χ2n) is 7.92. The van der Waals surface area contributed by atoms with Gasteiger partial charge in [-0.25, -0.2) is 4.39 Å². The first-order valence-electron chi connectivity index (χ1n) is 10.4. The minimum Gasteiger partial charge on any atom is -0.368 e. The van der Waals surface area contributed by atoms with Crippen LogP contribution in [0.25, 0.3) is 0 Å². The highest BCUT2D eigenvalue weighted by Crippen LogP contribution is 2.28. The summed E-state index contributed by atoms with van der Waals surface area (Å²) in [7, 11) is 0. The van der Waals surface area contributed by atoms with Gasteiger partial charge in [-0.2, -0.15) is 0 Å². The predicted molar refractivity (Wildman–Crippen MR) is 116 cm³/mol. The van der Waals surface area contributed by atoms with Gasteiger partial charge in [0.15, 0.2) is 0 Å². The zero-order valence-corrected chi connectivity index (χ0v) is 17.4. The van der Waals surface area contributed by atoms with Crippen LogP contribution in [-0.4, -0.2) is 55.3 Å². The third kappa shape index (κ3) is 4.68. The molecule has 0 aromatic heterocycles. The van der Waals surface area contributed by atoms with Gasteiger partial charge in [0.2, 0.25) is 17.7 Å². The Morgan fingerprint density at radius 1 is 0.935 bits per heavy atom. The maximum absolute atomic E-state index is 13.1. The first-order valence-corrected chi connectivity index (χ1v) is 10.4. The molecule has 2 aliphatic rings. The summed E-state index contributed by atoms with van der Waals surface area (Å²) in [5.74, 6) is -0.854. The summed E-state index contributed by atoms with van der Waals surface area (Å²) in [6.45, 7) is 4.29. The van der Waals surface area contributed by atoms with Crippen LogP contribution >= 0.6 is 0 Å². The molecule has 2 aromatic carbocycles. The molecule has 2 aliphatic heterocycles. The van der Waals surface area contributed by atoms with E-state index in [9.17, 15) is 18.8 Å². The van der Waals surface area contributed by atoms with Crippen molar-refractivity contribution >= 4 is 34.8 Å². The van der Waals surface area contributed by atoms with Crippen molar-refractivity contribution in [2.45, 2.75) is 13.3 Å². The van der Waals surface area contributed by atoms with E-state index < -0.39 is 0 Å². The smallest absolute Gasteiger partial charge is 0.228 e. The van der Waals surface area contributed by atoms with Gasteiger partial charge in [-0.3, -0.25) is 14.4 Å². The van der Waals surface area contributed by atoms with E-state index in [4.69, 9.17) is 0 Å². The van der Waals surface area contributed by atoms with E-state index in [1.807, 2.05) is 4.90 Å². The Kier molecular flexibility index (Phi) is 5.88. The molecule has 8 heteroatoms. The maximum Gasteiger partial charge on any atom is 0.228 e. The van der Waals surface area contributed by atoms with Crippen molar-refractivity contribution in [3.63, 3.8) is 0 Å². The normalized spacial score (nSPS) is 19.0. The van der Waals surface area contributed by atoms with Crippen LogP contribution in [0.2, 0.25) is 0 Å². The Morgan fingerprint density at radius 2 is 1.55 bits per heavy atom. The topological polar surface area (TPSA) is 73.0 Å². The maximum atomic E-state index is 13.1. The minimum atomic E-state index is -0.361. The number of halogens is 1. The minimum absolute atomic E-state index is 0.00414. The van der Waals surface area contributed by atoms with Crippen LogP contribution < -0.4 is 15.1 Å². The summed E-state index contributed by atoms with van der Waals surface area (Å²) in [6.07, 6.45) is 0.199. The first kappa shape index (κ1) is 20.8. The summed E-state index contributed by atoms with van der Waals surface area (Å²) in [5.41, 5.74) is 2.32. The Balaban J connectivity index is 1.34. The van der Waals surface area contributed by atoms with E-state index in [-0.39, 0.29) is 35.9 Å². The van der Waals surface area contributed by atoms with E-state index in [2.05, 4.69) is 10.2 Å². The van der Waals surface area contributed by atoms with Gasteiger partial charge in [0, 0.05) is 63.1 Å². The molecule has 0 bridgehead atoms. The number of nitrogens with one attached hydrogen (secondary N) is 1. The molecular weight excluding hydrogens is 399 g/mol. The molecule has 0 aliphatic carbocycles. The second-order valence-corrected chi connectivity index (χ2v) is 7.92. The fraction of sp³-hybridized carbons (Fsp3) is 0.348. The van der Waals surface area contributed by atoms with Gasteiger partial charge < -0.3 is 20.0 Å². The molecule has 0 spiro atoms. The molecule has 2 heterocycles. The third-order valence-corrected chi connectivity index (χ3v) is 5.76. The third-order valence-electron chi connectivity index (χ3n) is 5.76. The molecule has 2 aromatic rings. The number of anilines is 3. The van der Waals surface area contributed by atoms with Crippen LogP contribution in [-0.2, 0) is 14.4 Å². The van der Waals surface area contributed by atoms with Gasteiger partial charge >= 0.3 is 0 Å². The van der Waals surface area contributed by atoms with Crippen molar-refractivity contribution < 1.29 is 18.8 Å². The molecule has 2 saturated heterocycles. The molecule has 0 unspecified atom stereocenters. The zero-order valence-electron chi connectivity index (χ0n) is 17.4. The van der Waals surface area contributed by atoms with Crippen molar-refractivity contribution in [1.82, 2.24) is 4.90 Å². The fourth-order valence-electron chi connectivity index (χ4n) is 4.15. The van der Waals surface area contributed by atoms with Crippen molar-refractivity contribution in [3.8, 4) is 0 Å². The lowest BCUT2D eigenvalue weighted by molar-refractivity contribution is -0.136. The molecular formula is C23H25FN4O3. The van der Waals surface area contributed by atoms with Crippen LogP contribution in [0.5, 0.6) is 0 Å². The van der Waals surface area contributed by atoms with Crippen LogP contribution in [0, 0.1) is 11.7 Å². The standard InChI is InChI=1S/C23H25FN4O3/c1-16(29)25-19-4-8-21(9-5-19)28-15-17(14-22(28)30)23(31)27-12-10-26(11-13-27)20-6-2-18(24)3-7-20/h2-9,17H,10-15H2,1H3,(H,25,29)/t17-/m0/s1. The molecule has 0 saturated carbocycles. The Morgan fingerprint density at radius 3 is 2.16 bits per heavy atom. The fourth-order valence-corrected chi connectivity index (χ4v) is 4.15. The van der Waals surface area contributed by atoms with Crippen molar-refractivity contribution in [3.05, 3.63) is 54.3 Å². The number of carbonyl (C=O) groups is 3. The highest BCUT2D eigenvalue weighted by Gasteiger charge is 2.38. The number of benzene rings is 2. The highest BCUT2D eigenvalue weighted by atomic mass is 19.1. The summed E-state index contributed by atoms with van der Waals surface area (Å²) in [5, 5.41) is 2.70. The second kappa shape index (κ2) is 8.75. The summed E-state index contributed by atoms with van der Waals surface area (Å²) < 4.78 is 13.1. The molecule has 31 heavy (non-hydrogen) atoms. The number of piperazine rings is 1. The lowest BCUT2D eigenvalue weighted by atomic mass is 10.1. The van der Waals surface area contributed by atoms with Crippen molar-refractivity contribution in [2.24, 2.45) is 5.92 Å². The highest BCUT2D eigenvalue weighted by molar-refractivity contribution is 6.00. The van der Waals surface area contributed by atoms with Gasteiger partial charge in [-0.05, 0) is 48.5 Å². The molecule has 4 rings (SSSR count). The first-order chi connectivity index (χ1) is 14.9. The van der Waals surface area contributed by atoms with Crippen molar-refractivity contribution in [1.29, 1.82) is 0 Å².